The van der Waals surface area contributed by atoms with Gasteiger partial charge in [0.15, 0.2) is 18.0 Å². The van der Waals surface area contributed by atoms with E-state index in [1.54, 1.807) is 13.0 Å². The van der Waals surface area contributed by atoms with Crippen LogP contribution in [0.15, 0.2) is 23.8 Å². The predicted octanol–water partition coefficient (Wildman–Crippen LogP) is -2.91. The van der Waals surface area contributed by atoms with Crippen molar-refractivity contribution < 1.29 is 69.4 Å². The van der Waals surface area contributed by atoms with Crippen LogP contribution in [0.2, 0.25) is 0 Å². The third-order valence-electron chi connectivity index (χ3n) is 10.2. The van der Waals surface area contributed by atoms with Gasteiger partial charge in [-0.2, -0.15) is 0 Å². The zero-order chi connectivity index (χ0) is 29.7. The van der Waals surface area contributed by atoms with Crippen LogP contribution in [0, 0.1) is 28.6 Å². The predicted molar refractivity (Wildman–Crippen MR) is 127 cm³/mol. The van der Waals surface area contributed by atoms with Crippen LogP contribution in [-0.2, 0) is 28.6 Å². The molecule has 14 heteroatoms. The van der Waals surface area contributed by atoms with Crippen molar-refractivity contribution in [3.05, 3.63) is 23.8 Å². The molecule has 0 aromatic rings. The molecule has 8 unspecified atom stereocenters. The van der Waals surface area contributed by atoms with Crippen LogP contribution in [0.1, 0.15) is 39.5 Å². The number of aliphatic hydroxyl groups excluding tert-OH is 1. The molecule has 40 heavy (non-hydrogen) atoms. The average Bonchev–Trinajstić information content (AvgIpc) is 3.37. The van der Waals surface area contributed by atoms with E-state index < -0.39 is 64.5 Å². The van der Waals surface area contributed by atoms with E-state index >= 15 is 0 Å². The number of carbonyl (C=O) groups excluding carboxylic acids is 3. The number of Topliss-reactive ketones (excluding diaryl/α,β-unsaturated/α-hetero) is 1. The van der Waals surface area contributed by atoms with Crippen LogP contribution >= 0.6 is 0 Å². The summed E-state index contributed by atoms with van der Waals surface area (Å²) in [5.41, 5.74) is -6.89. The van der Waals surface area contributed by atoms with E-state index in [-0.39, 0.29) is 36.8 Å². The van der Waals surface area contributed by atoms with E-state index in [1.807, 2.05) is 13.0 Å². The number of fused-ring (bicyclic) bond motifs is 7. The quantitative estimate of drug-likeness (QED) is 0.118. The Morgan fingerprint density at radius 1 is 1.10 bits per heavy atom. The molecule has 14 nitrogen and oxygen atoms in total. The molecule has 0 amide bonds. The maximum Gasteiger partial charge on any atom is 0.356 e. The largest absolute Gasteiger partial charge is 0.455 e. The Labute approximate surface area is 228 Å². The fraction of sp³-hybridized carbons (Fsp3) is 0.731. The molecule has 3 saturated carbocycles. The SMILES string of the molecule is CC12C=CC(=O)C=C1CCC1C2C(O)CC2(C)C1CC1OCOC12C(=O)COC(=O)C(O)(C(O)(O)O)C(O)(O)O. The molecular weight excluding hydrogens is 536 g/mol. The van der Waals surface area contributed by atoms with Gasteiger partial charge >= 0.3 is 23.5 Å². The number of esters is 1. The molecule has 222 valence electrons. The molecule has 4 aliphatic carbocycles. The highest BCUT2D eigenvalue weighted by atomic mass is 16.8. The number of carbonyl (C=O) groups is 3. The summed E-state index contributed by atoms with van der Waals surface area (Å²) in [6.45, 7) is 2.27. The van der Waals surface area contributed by atoms with Gasteiger partial charge in [-0.25, -0.2) is 4.79 Å². The normalized spacial score (nSPS) is 41.0. The van der Waals surface area contributed by atoms with E-state index in [2.05, 4.69) is 4.74 Å². The lowest BCUT2D eigenvalue weighted by molar-refractivity contribution is -0.481. The second kappa shape index (κ2) is 8.94. The van der Waals surface area contributed by atoms with Crippen LogP contribution < -0.4 is 0 Å². The molecule has 0 spiro atoms. The first-order chi connectivity index (χ1) is 18.3. The van der Waals surface area contributed by atoms with Gasteiger partial charge in [-0.3, -0.25) is 9.59 Å². The van der Waals surface area contributed by atoms with E-state index in [0.29, 0.717) is 19.3 Å². The van der Waals surface area contributed by atoms with Gasteiger partial charge in [0.25, 0.3) is 0 Å². The lowest BCUT2D eigenvalue weighted by Crippen LogP contribution is -2.73. The third kappa shape index (κ3) is 3.68. The Balaban J connectivity index is 1.44. The van der Waals surface area contributed by atoms with Crippen molar-refractivity contribution in [2.75, 3.05) is 13.4 Å². The van der Waals surface area contributed by atoms with Gasteiger partial charge < -0.3 is 55.1 Å². The van der Waals surface area contributed by atoms with Gasteiger partial charge in [-0.1, -0.05) is 25.5 Å². The van der Waals surface area contributed by atoms with Crippen LogP contribution in [0.4, 0.5) is 0 Å². The van der Waals surface area contributed by atoms with Gasteiger partial charge in [-0.05, 0) is 49.7 Å². The maximum atomic E-state index is 13.8. The first kappa shape index (κ1) is 29.4. The molecule has 1 saturated heterocycles. The van der Waals surface area contributed by atoms with Crippen molar-refractivity contribution in [2.24, 2.45) is 28.6 Å². The Hall–Kier alpha value is -2.11. The highest BCUT2D eigenvalue weighted by molar-refractivity contribution is 6.01. The van der Waals surface area contributed by atoms with Gasteiger partial charge in [0.2, 0.25) is 5.78 Å². The maximum absolute atomic E-state index is 13.8. The second-order valence-electron chi connectivity index (χ2n) is 12.1. The number of allylic oxidation sites excluding steroid dienone is 4. The minimum Gasteiger partial charge on any atom is -0.455 e. The molecule has 0 radical (unpaired) electrons. The fourth-order valence-electron chi connectivity index (χ4n) is 8.37. The summed E-state index contributed by atoms with van der Waals surface area (Å²) in [7, 11) is 0. The summed E-state index contributed by atoms with van der Waals surface area (Å²) in [4.78, 5) is 38.2. The number of aliphatic hydroxyl groups is 8. The van der Waals surface area contributed by atoms with Gasteiger partial charge in [0.1, 0.15) is 6.79 Å². The molecule has 8 atom stereocenters. The molecule has 0 aromatic carbocycles. The van der Waals surface area contributed by atoms with Crippen molar-refractivity contribution in [3.63, 3.8) is 0 Å². The smallest absolute Gasteiger partial charge is 0.356 e. The average molecular weight is 571 g/mol. The van der Waals surface area contributed by atoms with E-state index in [9.17, 15) is 55.2 Å². The third-order valence-corrected chi connectivity index (χ3v) is 10.2. The topological polar surface area (TPSA) is 241 Å². The number of hydrogen-bond donors (Lipinski definition) is 8. The highest BCUT2D eigenvalue weighted by Crippen LogP contribution is 2.69. The summed E-state index contributed by atoms with van der Waals surface area (Å²) in [6.07, 6.45) is 4.94. The van der Waals surface area contributed by atoms with Gasteiger partial charge in [0, 0.05) is 16.7 Å². The molecule has 5 aliphatic rings. The van der Waals surface area contributed by atoms with Crippen molar-refractivity contribution in [1.29, 1.82) is 0 Å². The minimum absolute atomic E-state index is 0.0903. The van der Waals surface area contributed by atoms with Crippen LogP contribution in [0.5, 0.6) is 0 Å². The first-order valence-electron chi connectivity index (χ1n) is 13.0. The van der Waals surface area contributed by atoms with Crippen molar-refractivity contribution >= 4 is 17.5 Å². The molecule has 8 N–H and O–H groups in total. The summed E-state index contributed by atoms with van der Waals surface area (Å²) in [5.74, 6) is -13.1. The standard InChI is InChI=1S/C26H34O14/c1-21-6-5-13(27)7-12(21)3-4-14-15-8-18-23(40-11-39-18,22(15,2)9-16(28)19(14)21)17(29)10-38-20(30)24(31,25(32,33)34)26(35,36)37/h5-7,14-16,18-19,28,31-37H,3-4,8-11H2,1-2H3. The van der Waals surface area contributed by atoms with E-state index in [4.69, 9.17) is 9.47 Å². The monoisotopic (exact) mass is 570 g/mol. The fourth-order valence-corrected chi connectivity index (χ4v) is 8.37. The number of hydrogen-bond acceptors (Lipinski definition) is 14. The number of ether oxygens (including phenoxy) is 3. The van der Waals surface area contributed by atoms with E-state index in [1.165, 1.54) is 6.08 Å². The summed E-state index contributed by atoms with van der Waals surface area (Å²) in [5, 5.41) is 77.5. The Kier molecular flexibility index (Phi) is 6.57. The summed E-state index contributed by atoms with van der Waals surface area (Å²) >= 11 is 0. The highest BCUT2D eigenvalue weighted by Gasteiger charge is 2.75. The molecule has 0 bridgehead atoms. The summed E-state index contributed by atoms with van der Waals surface area (Å²) < 4.78 is 16.3. The van der Waals surface area contributed by atoms with Crippen molar-refractivity contribution in [1.82, 2.24) is 0 Å². The molecule has 1 aliphatic heterocycles. The van der Waals surface area contributed by atoms with Gasteiger partial charge in [0.05, 0.1) is 12.2 Å². The molecular formula is C26H34O14. The first-order valence-corrected chi connectivity index (χ1v) is 13.0. The zero-order valence-electron chi connectivity index (χ0n) is 21.9. The molecule has 0 aromatic heterocycles. The summed E-state index contributed by atoms with van der Waals surface area (Å²) in [6, 6.07) is 0. The zero-order valence-corrected chi connectivity index (χ0v) is 21.9. The Bertz CT molecular complexity index is 1160. The molecule has 5 rings (SSSR count). The van der Waals surface area contributed by atoms with E-state index in [0.717, 1.165) is 5.57 Å². The van der Waals surface area contributed by atoms with Crippen LogP contribution in [0.3, 0.4) is 0 Å². The molecule has 4 fully saturated rings. The molecule has 1 heterocycles. The van der Waals surface area contributed by atoms with Crippen LogP contribution in [-0.4, -0.2) is 107 Å². The second-order valence-corrected chi connectivity index (χ2v) is 12.1. The lowest BCUT2D eigenvalue weighted by Gasteiger charge is -2.59. The Morgan fingerprint density at radius 3 is 2.38 bits per heavy atom. The number of rotatable bonds is 6. The van der Waals surface area contributed by atoms with Gasteiger partial charge in [-0.15, -0.1) is 0 Å². The van der Waals surface area contributed by atoms with Crippen LogP contribution in [0.25, 0.3) is 0 Å². The lowest BCUT2D eigenvalue weighted by atomic mass is 9.46. The van der Waals surface area contributed by atoms with Crippen molar-refractivity contribution in [2.45, 2.75) is 74.9 Å². The Morgan fingerprint density at radius 2 is 1.75 bits per heavy atom. The van der Waals surface area contributed by atoms with Crippen molar-refractivity contribution in [3.8, 4) is 0 Å². The minimum atomic E-state index is -4.59. The number of ketones is 2.